The van der Waals surface area contributed by atoms with Gasteiger partial charge < -0.3 is 4.74 Å². The van der Waals surface area contributed by atoms with Gasteiger partial charge in [-0.05, 0) is 24.1 Å². The van der Waals surface area contributed by atoms with Crippen molar-refractivity contribution in [1.29, 1.82) is 0 Å². The second kappa shape index (κ2) is 9.29. The highest BCUT2D eigenvalue weighted by atomic mass is 35.5. The number of amides is 1. The number of ether oxygens (including phenoxy) is 1. The molecule has 3 aromatic rings. The summed E-state index contributed by atoms with van der Waals surface area (Å²) in [6.07, 6.45) is 0.702. The average Bonchev–Trinajstić information content (AvgIpc) is 3.19. The molecule has 30 heavy (non-hydrogen) atoms. The van der Waals surface area contributed by atoms with E-state index in [2.05, 4.69) is 10.2 Å². The monoisotopic (exact) mass is 462 g/mol. The Morgan fingerprint density at radius 1 is 1.20 bits per heavy atom. The summed E-state index contributed by atoms with van der Waals surface area (Å²) in [7, 11) is 0. The minimum atomic E-state index is -0.235. The van der Waals surface area contributed by atoms with Gasteiger partial charge in [-0.25, -0.2) is 9.69 Å². The summed E-state index contributed by atoms with van der Waals surface area (Å²) in [6, 6.07) is 14.9. The van der Waals surface area contributed by atoms with Crippen LogP contribution in [0.25, 0.3) is 0 Å². The maximum absolute atomic E-state index is 13.5. The van der Waals surface area contributed by atoms with Crippen LogP contribution in [-0.4, -0.2) is 33.1 Å². The first-order chi connectivity index (χ1) is 14.6. The first-order valence-electron chi connectivity index (χ1n) is 9.60. The van der Waals surface area contributed by atoms with Crippen molar-refractivity contribution in [3.63, 3.8) is 0 Å². The van der Waals surface area contributed by atoms with Crippen LogP contribution in [0.2, 0.25) is 10.0 Å². The zero-order valence-corrected chi connectivity index (χ0v) is 18.6. The predicted molar refractivity (Wildman–Crippen MR) is 119 cm³/mol. The fourth-order valence-electron chi connectivity index (χ4n) is 3.40. The van der Waals surface area contributed by atoms with Crippen molar-refractivity contribution in [2.24, 2.45) is 0 Å². The Morgan fingerprint density at radius 3 is 2.77 bits per heavy atom. The summed E-state index contributed by atoms with van der Waals surface area (Å²) >= 11 is 13.8. The topological polar surface area (TPSA) is 60.3 Å². The lowest BCUT2D eigenvalue weighted by Gasteiger charge is -2.32. The third-order valence-corrected chi connectivity index (χ3v) is 6.31. The zero-order valence-electron chi connectivity index (χ0n) is 16.3. The van der Waals surface area contributed by atoms with E-state index in [0.29, 0.717) is 39.7 Å². The molecule has 1 aliphatic rings. The quantitative estimate of drug-likeness (QED) is 0.519. The Morgan fingerprint density at radius 2 is 2.00 bits per heavy atom. The van der Waals surface area contributed by atoms with Gasteiger partial charge >= 0.3 is 0 Å². The van der Waals surface area contributed by atoms with Crippen LogP contribution in [0.1, 0.15) is 30.7 Å². The van der Waals surface area contributed by atoms with E-state index in [9.17, 15) is 4.79 Å². The highest BCUT2D eigenvalue weighted by Crippen LogP contribution is 2.30. The normalized spacial score (nSPS) is 14.3. The van der Waals surface area contributed by atoms with E-state index in [1.807, 2.05) is 37.3 Å². The van der Waals surface area contributed by atoms with E-state index in [-0.39, 0.29) is 18.4 Å². The molecular formula is C21H20Cl2N4O2S. The van der Waals surface area contributed by atoms with Gasteiger partial charge in [0.25, 0.3) is 0 Å². The van der Waals surface area contributed by atoms with Crippen LogP contribution in [0.5, 0.6) is 5.75 Å². The molecule has 0 saturated heterocycles. The van der Waals surface area contributed by atoms with Crippen LogP contribution in [-0.2, 0) is 11.4 Å². The number of carbonyl (C=O) groups excluding carboxylic acids is 1. The maximum atomic E-state index is 13.5. The molecule has 0 unspecified atom stereocenters. The molecule has 156 valence electrons. The smallest absolute Gasteiger partial charge is 0.249 e. The Kier molecular flexibility index (Phi) is 6.51. The summed E-state index contributed by atoms with van der Waals surface area (Å²) in [5.74, 6) is 1.53. The molecule has 4 rings (SSSR count). The fourth-order valence-corrected chi connectivity index (χ4v) is 4.60. The molecule has 9 heteroatoms. The molecule has 0 radical (unpaired) electrons. The van der Waals surface area contributed by atoms with Crippen LogP contribution in [0.15, 0.2) is 53.7 Å². The van der Waals surface area contributed by atoms with E-state index < -0.39 is 0 Å². The Labute approximate surface area is 189 Å². The number of nitrogens with zero attached hydrogens (tertiary/aromatic N) is 4. The first-order valence-corrected chi connectivity index (χ1v) is 11.3. The van der Waals surface area contributed by atoms with Gasteiger partial charge in [0.2, 0.25) is 11.1 Å². The van der Waals surface area contributed by atoms with Gasteiger partial charge in [0.05, 0.1) is 17.5 Å². The van der Waals surface area contributed by atoms with Gasteiger partial charge in [0.15, 0.2) is 5.82 Å². The number of fused-ring (bicyclic) bond motifs is 1. The summed E-state index contributed by atoms with van der Waals surface area (Å²) in [5.41, 5.74) is 1.00. The van der Waals surface area contributed by atoms with E-state index in [1.165, 1.54) is 0 Å². The summed E-state index contributed by atoms with van der Waals surface area (Å²) in [5, 5.41) is 11.9. The van der Waals surface area contributed by atoms with Gasteiger partial charge in [0, 0.05) is 16.8 Å². The van der Waals surface area contributed by atoms with Crippen LogP contribution in [0, 0.1) is 0 Å². The molecule has 1 aliphatic heterocycles. The number of thioether (sulfide) groups is 1. The molecule has 0 bridgehead atoms. The second-order valence-corrected chi connectivity index (χ2v) is 8.66. The number of benzene rings is 2. The fraction of sp³-hybridized carbons (Fsp3) is 0.286. The summed E-state index contributed by atoms with van der Waals surface area (Å²) < 4.78 is 7.61. The van der Waals surface area contributed by atoms with Gasteiger partial charge in [0.1, 0.15) is 12.4 Å². The van der Waals surface area contributed by atoms with Gasteiger partial charge in [-0.2, -0.15) is 0 Å². The van der Waals surface area contributed by atoms with Crippen molar-refractivity contribution < 1.29 is 9.53 Å². The molecule has 0 N–H and O–H groups in total. The van der Waals surface area contributed by atoms with Crippen molar-refractivity contribution in [3.05, 3.63) is 70.0 Å². The minimum Gasteiger partial charge on any atom is -0.484 e. The van der Waals surface area contributed by atoms with Crippen molar-refractivity contribution in [2.45, 2.75) is 31.0 Å². The van der Waals surface area contributed by atoms with Gasteiger partial charge in [-0.15, -0.1) is 10.2 Å². The highest BCUT2D eigenvalue weighted by Gasteiger charge is 2.32. The lowest BCUT2D eigenvalue weighted by Crippen LogP contribution is -2.48. The van der Waals surface area contributed by atoms with Crippen molar-refractivity contribution in [2.75, 3.05) is 17.3 Å². The Balaban J connectivity index is 1.60. The van der Waals surface area contributed by atoms with Crippen LogP contribution >= 0.6 is 35.0 Å². The van der Waals surface area contributed by atoms with E-state index >= 15 is 0 Å². The molecule has 0 aliphatic carbocycles. The second-order valence-electron chi connectivity index (χ2n) is 6.76. The number of aromatic nitrogens is 3. The highest BCUT2D eigenvalue weighted by molar-refractivity contribution is 7.99. The summed E-state index contributed by atoms with van der Waals surface area (Å²) in [6.45, 7) is 2.70. The number of rotatable bonds is 6. The van der Waals surface area contributed by atoms with Crippen molar-refractivity contribution in [3.8, 4) is 5.75 Å². The van der Waals surface area contributed by atoms with E-state index in [0.717, 1.165) is 11.3 Å². The maximum Gasteiger partial charge on any atom is 0.249 e. The molecule has 6 nitrogen and oxygen atoms in total. The standard InChI is InChI=1S/C21H20Cl2N4O2S/c1-2-16(14-6-4-3-5-7-14)20(28)26-10-11-30-21-25-24-19(27(21)26)13-29-18-12-15(22)8-9-17(18)23/h3-9,12,16H,2,10-11,13H2,1H3/t16-/m1/s1. The summed E-state index contributed by atoms with van der Waals surface area (Å²) in [4.78, 5) is 13.5. The van der Waals surface area contributed by atoms with E-state index in [1.54, 1.807) is 39.6 Å². The number of hydrogen-bond acceptors (Lipinski definition) is 5. The molecule has 2 heterocycles. The molecule has 1 aromatic heterocycles. The SMILES string of the molecule is CC[C@@H](C(=O)N1CCSc2nnc(COc3cc(Cl)ccc3Cl)n21)c1ccccc1. The Bertz CT molecular complexity index is 1040. The average molecular weight is 463 g/mol. The van der Waals surface area contributed by atoms with E-state index in [4.69, 9.17) is 27.9 Å². The Hall–Kier alpha value is -2.22. The predicted octanol–water partition coefficient (Wildman–Crippen LogP) is 4.93. The zero-order chi connectivity index (χ0) is 21.1. The van der Waals surface area contributed by atoms with Crippen molar-refractivity contribution >= 4 is 40.9 Å². The molecular weight excluding hydrogens is 443 g/mol. The molecule has 1 amide bonds. The minimum absolute atomic E-state index is 0.0205. The number of carbonyl (C=O) groups is 1. The molecule has 0 spiro atoms. The number of halogens is 2. The van der Waals surface area contributed by atoms with Crippen molar-refractivity contribution in [1.82, 2.24) is 14.9 Å². The third kappa shape index (κ3) is 4.29. The third-order valence-electron chi connectivity index (χ3n) is 4.87. The van der Waals surface area contributed by atoms with Crippen LogP contribution in [0.3, 0.4) is 0 Å². The largest absolute Gasteiger partial charge is 0.484 e. The first kappa shape index (κ1) is 21.0. The van der Waals surface area contributed by atoms with Gasteiger partial charge in [-0.1, -0.05) is 72.2 Å². The molecule has 0 fully saturated rings. The molecule has 0 saturated carbocycles. The lowest BCUT2D eigenvalue weighted by molar-refractivity contribution is -0.121. The van der Waals surface area contributed by atoms with Crippen LogP contribution < -0.4 is 9.75 Å². The molecule has 2 aromatic carbocycles. The molecule has 1 atom stereocenters. The number of hydrogen-bond donors (Lipinski definition) is 0. The van der Waals surface area contributed by atoms with Crippen LogP contribution in [0.4, 0.5) is 0 Å². The van der Waals surface area contributed by atoms with Gasteiger partial charge in [-0.3, -0.25) is 4.79 Å². The lowest BCUT2D eigenvalue weighted by atomic mass is 9.95.